The Morgan fingerprint density at radius 2 is 1.44 bits per heavy atom. The van der Waals surface area contributed by atoms with Crippen LogP contribution < -0.4 is 23.8 Å². The van der Waals surface area contributed by atoms with Crippen LogP contribution in [0, 0.1) is 13.8 Å². The van der Waals surface area contributed by atoms with Gasteiger partial charge in [0.2, 0.25) is 11.8 Å². The summed E-state index contributed by atoms with van der Waals surface area (Å²) in [4.78, 5) is 30.3. The summed E-state index contributed by atoms with van der Waals surface area (Å²) in [5.74, 6) is 0.286. The molecule has 50 heavy (non-hydrogen) atoms. The van der Waals surface area contributed by atoms with E-state index >= 15 is 0 Å². The molecule has 0 heterocycles. The van der Waals surface area contributed by atoms with Gasteiger partial charge in [0.25, 0.3) is 10.0 Å². The number of methoxy groups -OCH3 is 3. The van der Waals surface area contributed by atoms with E-state index in [1.807, 2.05) is 76.2 Å². The van der Waals surface area contributed by atoms with Crippen molar-refractivity contribution in [2.75, 3.05) is 32.2 Å². The number of anilines is 1. The third-order valence-corrected chi connectivity index (χ3v) is 10.2. The molecule has 0 radical (unpaired) electrons. The fraction of sp³-hybridized carbons (Fsp3) is 0.333. The smallest absolute Gasteiger partial charge is 0.264 e. The first-order valence-electron chi connectivity index (χ1n) is 16.5. The third-order valence-electron chi connectivity index (χ3n) is 8.48. The predicted molar refractivity (Wildman–Crippen MR) is 195 cm³/mol. The van der Waals surface area contributed by atoms with E-state index in [1.54, 1.807) is 31.4 Å². The topological polar surface area (TPSA) is 114 Å². The number of ether oxygens (including phenoxy) is 3. The average Bonchev–Trinajstić information content (AvgIpc) is 3.11. The molecule has 0 saturated heterocycles. The molecule has 266 valence electrons. The van der Waals surface area contributed by atoms with Gasteiger partial charge in [0.1, 0.15) is 18.3 Å². The molecule has 2 amide bonds. The molecule has 0 aliphatic heterocycles. The van der Waals surface area contributed by atoms with Gasteiger partial charge in [0, 0.05) is 25.1 Å². The first-order valence-corrected chi connectivity index (χ1v) is 17.9. The molecule has 2 atom stereocenters. The highest BCUT2D eigenvalue weighted by atomic mass is 32.2. The van der Waals surface area contributed by atoms with Crippen LogP contribution in [0.15, 0.2) is 95.9 Å². The first kappa shape index (κ1) is 37.8. The number of benzene rings is 4. The van der Waals surface area contributed by atoms with E-state index in [-0.39, 0.29) is 35.6 Å². The molecule has 11 heteroatoms. The Bertz CT molecular complexity index is 1860. The number of sulfonamides is 1. The molecule has 0 aliphatic carbocycles. The van der Waals surface area contributed by atoms with Crippen LogP contribution in [0.1, 0.15) is 42.5 Å². The van der Waals surface area contributed by atoms with Gasteiger partial charge in [-0.15, -0.1) is 0 Å². The molecule has 4 aromatic carbocycles. The predicted octanol–water partition coefficient (Wildman–Crippen LogP) is 6.08. The summed E-state index contributed by atoms with van der Waals surface area (Å²) in [6, 6.07) is 25.3. The number of carbonyl (C=O) groups excluding carboxylic acids is 2. The summed E-state index contributed by atoms with van der Waals surface area (Å²) in [5.41, 5.74) is 3.53. The molecule has 0 saturated carbocycles. The Balaban J connectivity index is 1.87. The van der Waals surface area contributed by atoms with Crippen LogP contribution in [-0.4, -0.2) is 65.1 Å². The zero-order valence-corrected chi connectivity index (χ0v) is 30.6. The van der Waals surface area contributed by atoms with Gasteiger partial charge >= 0.3 is 0 Å². The van der Waals surface area contributed by atoms with Crippen molar-refractivity contribution < 1.29 is 32.2 Å². The zero-order valence-electron chi connectivity index (χ0n) is 29.8. The fourth-order valence-electron chi connectivity index (χ4n) is 5.69. The highest BCUT2D eigenvalue weighted by molar-refractivity contribution is 7.92. The fourth-order valence-corrected chi connectivity index (χ4v) is 7.10. The van der Waals surface area contributed by atoms with Gasteiger partial charge in [0.05, 0.1) is 31.9 Å². The minimum absolute atomic E-state index is 0.0263. The van der Waals surface area contributed by atoms with Crippen LogP contribution in [0.2, 0.25) is 0 Å². The molecular weight excluding hydrogens is 655 g/mol. The van der Waals surface area contributed by atoms with E-state index in [9.17, 15) is 18.0 Å². The van der Waals surface area contributed by atoms with E-state index in [1.165, 1.54) is 37.3 Å². The van der Waals surface area contributed by atoms with Crippen LogP contribution >= 0.6 is 0 Å². The van der Waals surface area contributed by atoms with Gasteiger partial charge in [-0.25, -0.2) is 8.42 Å². The number of aryl methyl sites for hydroxylation is 2. The monoisotopic (exact) mass is 701 g/mol. The van der Waals surface area contributed by atoms with Crippen molar-refractivity contribution >= 4 is 27.5 Å². The van der Waals surface area contributed by atoms with Crippen LogP contribution in [-0.2, 0) is 32.6 Å². The van der Waals surface area contributed by atoms with E-state index in [4.69, 9.17) is 14.2 Å². The van der Waals surface area contributed by atoms with Crippen molar-refractivity contribution in [3.63, 3.8) is 0 Å². The molecule has 4 aromatic rings. The number of nitrogens with zero attached hydrogens (tertiary/aromatic N) is 2. The molecule has 0 unspecified atom stereocenters. The van der Waals surface area contributed by atoms with Crippen molar-refractivity contribution in [1.82, 2.24) is 10.2 Å². The summed E-state index contributed by atoms with van der Waals surface area (Å²) < 4.78 is 46.4. The Morgan fingerprint density at radius 1 is 0.780 bits per heavy atom. The Kier molecular flexibility index (Phi) is 12.9. The largest absolute Gasteiger partial charge is 0.497 e. The van der Waals surface area contributed by atoms with Crippen molar-refractivity contribution in [2.45, 2.75) is 64.1 Å². The summed E-state index contributed by atoms with van der Waals surface area (Å²) in [6.45, 7) is 7.05. The molecule has 10 nitrogen and oxygen atoms in total. The second-order valence-corrected chi connectivity index (χ2v) is 14.1. The Morgan fingerprint density at radius 3 is 2.06 bits per heavy atom. The van der Waals surface area contributed by atoms with Crippen molar-refractivity contribution in [3.8, 4) is 17.2 Å². The molecule has 0 aliphatic rings. The average molecular weight is 702 g/mol. The van der Waals surface area contributed by atoms with Gasteiger partial charge in [-0.1, -0.05) is 55.5 Å². The maximum absolute atomic E-state index is 14.8. The molecule has 4 rings (SSSR count). The number of amides is 2. The van der Waals surface area contributed by atoms with Gasteiger partial charge in [0.15, 0.2) is 11.5 Å². The molecule has 0 aromatic heterocycles. The quantitative estimate of drug-likeness (QED) is 0.151. The number of hydrogen-bond acceptors (Lipinski definition) is 7. The van der Waals surface area contributed by atoms with Crippen molar-refractivity contribution in [3.05, 3.63) is 113 Å². The number of hydrogen-bond donors (Lipinski definition) is 1. The normalized spacial score (nSPS) is 12.4. The minimum atomic E-state index is -4.36. The minimum Gasteiger partial charge on any atom is -0.497 e. The van der Waals surface area contributed by atoms with E-state index in [0.717, 1.165) is 21.0 Å². The van der Waals surface area contributed by atoms with Gasteiger partial charge in [-0.05, 0) is 85.8 Å². The molecule has 0 bridgehead atoms. The van der Waals surface area contributed by atoms with Crippen LogP contribution in [0.25, 0.3) is 0 Å². The van der Waals surface area contributed by atoms with Gasteiger partial charge in [-0.2, -0.15) is 0 Å². The second kappa shape index (κ2) is 17.1. The number of carbonyl (C=O) groups is 2. The Hall–Kier alpha value is -5.03. The van der Waals surface area contributed by atoms with Crippen LogP contribution in [0.3, 0.4) is 0 Å². The standard InChI is InChI=1S/C39H47N3O7S/c1-8-29(4)40-39(44)35(23-30-13-10-9-11-14-30)41(25-31-15-12-16-33(22-31)47-5)38(43)26-42(32-20-27(2)19-28(3)21-32)50(45,46)34-17-18-36(48-6)37(24-34)49-7/h9-22,24,29,35H,8,23,25-26H2,1-7H3,(H,40,44)/t29-,35-/m0/s1. The molecule has 1 N–H and O–H groups in total. The lowest BCUT2D eigenvalue weighted by Crippen LogP contribution is -2.54. The maximum Gasteiger partial charge on any atom is 0.264 e. The highest BCUT2D eigenvalue weighted by Gasteiger charge is 2.35. The van der Waals surface area contributed by atoms with Crippen LogP contribution in [0.4, 0.5) is 5.69 Å². The SMILES string of the molecule is CC[C@H](C)NC(=O)[C@H](Cc1ccccc1)N(Cc1cccc(OC)c1)C(=O)CN(c1cc(C)cc(C)c1)S(=O)(=O)c1ccc(OC)c(OC)c1. The molecule has 0 fully saturated rings. The van der Waals surface area contributed by atoms with Crippen molar-refractivity contribution in [2.24, 2.45) is 0 Å². The van der Waals surface area contributed by atoms with E-state index in [0.29, 0.717) is 29.2 Å². The van der Waals surface area contributed by atoms with Gasteiger partial charge < -0.3 is 24.4 Å². The summed E-state index contributed by atoms with van der Waals surface area (Å²) in [7, 11) is 0.0896. The van der Waals surface area contributed by atoms with E-state index in [2.05, 4.69) is 5.32 Å². The van der Waals surface area contributed by atoms with Crippen LogP contribution in [0.5, 0.6) is 17.2 Å². The number of rotatable bonds is 16. The first-order chi connectivity index (χ1) is 23.9. The lowest BCUT2D eigenvalue weighted by molar-refractivity contribution is -0.140. The number of nitrogens with one attached hydrogen (secondary N) is 1. The lowest BCUT2D eigenvalue weighted by atomic mass is 10.0. The highest BCUT2D eigenvalue weighted by Crippen LogP contribution is 2.33. The van der Waals surface area contributed by atoms with Crippen molar-refractivity contribution in [1.29, 1.82) is 0 Å². The zero-order chi connectivity index (χ0) is 36.4. The van der Waals surface area contributed by atoms with E-state index < -0.39 is 28.5 Å². The molecule has 0 spiro atoms. The summed E-state index contributed by atoms with van der Waals surface area (Å²) in [5, 5.41) is 3.06. The summed E-state index contributed by atoms with van der Waals surface area (Å²) >= 11 is 0. The second-order valence-electron chi connectivity index (χ2n) is 12.3. The van der Waals surface area contributed by atoms with Gasteiger partial charge in [-0.3, -0.25) is 13.9 Å². The Labute approximate surface area is 296 Å². The maximum atomic E-state index is 14.8. The third kappa shape index (κ3) is 9.35. The summed E-state index contributed by atoms with van der Waals surface area (Å²) in [6.07, 6.45) is 0.905. The molecular formula is C39H47N3O7S. The lowest BCUT2D eigenvalue weighted by Gasteiger charge is -2.34.